The van der Waals surface area contributed by atoms with Crippen LogP contribution in [0.3, 0.4) is 0 Å². The molecule has 27 heavy (non-hydrogen) atoms. The molecule has 0 amide bonds. The third kappa shape index (κ3) is 5.69. The molecule has 6 heteroatoms. The number of aryl methyl sites for hydroxylation is 1. The average Bonchev–Trinajstić information content (AvgIpc) is 2.89. The van der Waals surface area contributed by atoms with E-state index >= 15 is 0 Å². The van der Waals surface area contributed by atoms with E-state index in [0.717, 1.165) is 62.6 Å². The van der Waals surface area contributed by atoms with E-state index in [1.54, 1.807) is 0 Å². The molecule has 0 unspecified atom stereocenters. The Hall–Kier alpha value is -1.59. The van der Waals surface area contributed by atoms with Crippen molar-refractivity contribution < 1.29 is 0 Å². The molecule has 152 valence electrons. The van der Waals surface area contributed by atoms with E-state index in [4.69, 9.17) is 4.99 Å². The first-order valence-corrected chi connectivity index (χ1v) is 11.1. The van der Waals surface area contributed by atoms with Crippen molar-refractivity contribution in [2.75, 3.05) is 26.7 Å². The molecule has 0 aromatic carbocycles. The Balaban J connectivity index is 1.55. The van der Waals surface area contributed by atoms with Gasteiger partial charge in [0.25, 0.3) is 0 Å². The third-order valence-electron chi connectivity index (χ3n) is 6.15. The van der Waals surface area contributed by atoms with E-state index in [9.17, 15) is 0 Å². The minimum atomic E-state index is 0.770. The number of hydrogen-bond acceptors (Lipinski definition) is 3. The Morgan fingerprint density at radius 1 is 1.19 bits per heavy atom. The van der Waals surface area contributed by atoms with Crippen LogP contribution < -0.4 is 5.32 Å². The fourth-order valence-electron chi connectivity index (χ4n) is 4.45. The number of aliphatic imine (C=N–C) groups is 1. The SMILES string of the molecule is CCNC(=NCCc1nnc2n1CCCCC2)N(C)CC1CCC(C)CC1. The standard InChI is InChI=1S/C21H38N6/c1-4-22-21(26(3)16-18-11-9-17(2)10-12-18)23-14-13-20-25-24-19-8-6-5-7-15-27(19)20/h17-18H,4-16H2,1-3H3,(H,22,23). The van der Waals surface area contributed by atoms with E-state index in [-0.39, 0.29) is 0 Å². The molecule has 6 nitrogen and oxygen atoms in total. The zero-order valence-corrected chi connectivity index (χ0v) is 17.6. The van der Waals surface area contributed by atoms with Gasteiger partial charge in [0.05, 0.1) is 0 Å². The van der Waals surface area contributed by atoms with Crippen molar-refractivity contribution in [2.45, 2.75) is 78.2 Å². The van der Waals surface area contributed by atoms with Gasteiger partial charge in [-0.1, -0.05) is 26.2 Å². The lowest BCUT2D eigenvalue weighted by atomic mass is 9.83. The molecule has 1 saturated carbocycles. The number of hydrogen-bond donors (Lipinski definition) is 1. The normalized spacial score (nSPS) is 23.6. The maximum Gasteiger partial charge on any atom is 0.193 e. The highest BCUT2D eigenvalue weighted by atomic mass is 15.3. The lowest BCUT2D eigenvalue weighted by molar-refractivity contribution is 0.250. The molecular weight excluding hydrogens is 336 g/mol. The molecule has 1 aliphatic heterocycles. The summed E-state index contributed by atoms with van der Waals surface area (Å²) in [5.41, 5.74) is 0. The second kappa shape index (κ2) is 10.1. The van der Waals surface area contributed by atoms with Gasteiger partial charge in [-0.2, -0.15) is 0 Å². The van der Waals surface area contributed by atoms with Gasteiger partial charge in [0.15, 0.2) is 5.96 Å². The number of guanidine groups is 1. The number of nitrogens with one attached hydrogen (secondary N) is 1. The van der Waals surface area contributed by atoms with Crippen LogP contribution in [0.2, 0.25) is 0 Å². The quantitative estimate of drug-likeness (QED) is 0.613. The topological polar surface area (TPSA) is 58.3 Å². The molecule has 0 atom stereocenters. The van der Waals surface area contributed by atoms with Crippen LogP contribution in [0.4, 0.5) is 0 Å². The van der Waals surface area contributed by atoms with Crippen LogP contribution in [0.1, 0.15) is 70.4 Å². The summed E-state index contributed by atoms with van der Waals surface area (Å²) in [5, 5.41) is 12.3. The van der Waals surface area contributed by atoms with Gasteiger partial charge in [-0.3, -0.25) is 4.99 Å². The lowest BCUT2D eigenvalue weighted by Crippen LogP contribution is -2.42. The van der Waals surface area contributed by atoms with Crippen molar-refractivity contribution in [1.82, 2.24) is 25.0 Å². The van der Waals surface area contributed by atoms with Crippen molar-refractivity contribution in [2.24, 2.45) is 16.8 Å². The van der Waals surface area contributed by atoms with Crippen LogP contribution in [0.5, 0.6) is 0 Å². The molecule has 1 aromatic heterocycles. The first-order valence-electron chi connectivity index (χ1n) is 11.1. The van der Waals surface area contributed by atoms with Crippen LogP contribution in [0.15, 0.2) is 4.99 Å². The Kier molecular flexibility index (Phi) is 7.53. The van der Waals surface area contributed by atoms with Crippen LogP contribution in [-0.2, 0) is 19.4 Å². The molecule has 3 rings (SSSR count). The maximum absolute atomic E-state index is 4.89. The molecule has 2 heterocycles. The van der Waals surface area contributed by atoms with E-state index in [1.807, 2.05) is 0 Å². The lowest BCUT2D eigenvalue weighted by Gasteiger charge is -2.31. The highest BCUT2D eigenvalue weighted by molar-refractivity contribution is 5.79. The molecule has 0 bridgehead atoms. The van der Waals surface area contributed by atoms with Crippen molar-refractivity contribution >= 4 is 5.96 Å². The fraction of sp³-hybridized carbons (Fsp3) is 0.857. The van der Waals surface area contributed by atoms with Gasteiger partial charge in [-0.05, 0) is 44.4 Å². The highest BCUT2D eigenvalue weighted by Crippen LogP contribution is 2.28. The third-order valence-corrected chi connectivity index (χ3v) is 6.15. The molecule has 1 aromatic rings. The zero-order chi connectivity index (χ0) is 19.1. The molecule has 0 saturated heterocycles. The largest absolute Gasteiger partial charge is 0.357 e. The smallest absolute Gasteiger partial charge is 0.193 e. The molecular formula is C21H38N6. The van der Waals surface area contributed by atoms with Gasteiger partial charge in [0.2, 0.25) is 0 Å². The van der Waals surface area contributed by atoms with Gasteiger partial charge in [0, 0.05) is 46.1 Å². The second-order valence-electron chi connectivity index (χ2n) is 8.49. The number of nitrogens with zero attached hydrogens (tertiary/aromatic N) is 5. The van der Waals surface area contributed by atoms with E-state index in [0.29, 0.717) is 0 Å². The Morgan fingerprint density at radius 3 is 2.78 bits per heavy atom. The summed E-state index contributed by atoms with van der Waals surface area (Å²) in [6.07, 6.45) is 11.2. The molecule has 1 fully saturated rings. The van der Waals surface area contributed by atoms with Gasteiger partial charge >= 0.3 is 0 Å². The van der Waals surface area contributed by atoms with Crippen LogP contribution in [0.25, 0.3) is 0 Å². The summed E-state index contributed by atoms with van der Waals surface area (Å²) in [5.74, 6) is 5.03. The van der Waals surface area contributed by atoms with Crippen molar-refractivity contribution in [3.8, 4) is 0 Å². The number of rotatable bonds is 6. The van der Waals surface area contributed by atoms with Crippen molar-refractivity contribution in [3.63, 3.8) is 0 Å². The summed E-state index contributed by atoms with van der Waals surface area (Å²) < 4.78 is 2.34. The van der Waals surface area contributed by atoms with Gasteiger partial charge < -0.3 is 14.8 Å². The molecule has 0 radical (unpaired) electrons. The fourth-order valence-corrected chi connectivity index (χ4v) is 4.45. The predicted molar refractivity (Wildman–Crippen MR) is 111 cm³/mol. The minimum absolute atomic E-state index is 0.770. The molecule has 2 aliphatic rings. The monoisotopic (exact) mass is 374 g/mol. The summed E-state index contributed by atoms with van der Waals surface area (Å²) in [4.78, 5) is 7.22. The predicted octanol–water partition coefficient (Wildman–Crippen LogP) is 3.27. The average molecular weight is 375 g/mol. The van der Waals surface area contributed by atoms with Crippen molar-refractivity contribution in [3.05, 3.63) is 11.6 Å². The second-order valence-corrected chi connectivity index (χ2v) is 8.49. The maximum atomic E-state index is 4.89. The Labute approximate surface area is 164 Å². The summed E-state index contributed by atoms with van der Waals surface area (Å²) in [6.45, 7) is 8.39. The van der Waals surface area contributed by atoms with E-state index in [1.165, 1.54) is 50.8 Å². The van der Waals surface area contributed by atoms with Gasteiger partial charge in [0.1, 0.15) is 11.6 Å². The zero-order valence-electron chi connectivity index (χ0n) is 17.6. The van der Waals surface area contributed by atoms with E-state index < -0.39 is 0 Å². The van der Waals surface area contributed by atoms with Crippen molar-refractivity contribution in [1.29, 1.82) is 0 Å². The van der Waals surface area contributed by atoms with Crippen LogP contribution in [-0.4, -0.2) is 52.3 Å². The van der Waals surface area contributed by atoms with Gasteiger partial charge in [-0.25, -0.2) is 0 Å². The minimum Gasteiger partial charge on any atom is -0.357 e. The highest BCUT2D eigenvalue weighted by Gasteiger charge is 2.20. The number of aromatic nitrogens is 3. The number of fused-ring (bicyclic) bond motifs is 1. The van der Waals surface area contributed by atoms with E-state index in [2.05, 4.69) is 45.9 Å². The first kappa shape index (κ1) is 20.2. The molecule has 1 N–H and O–H groups in total. The molecule has 1 aliphatic carbocycles. The summed E-state index contributed by atoms with van der Waals surface area (Å²) >= 11 is 0. The summed E-state index contributed by atoms with van der Waals surface area (Å²) in [7, 11) is 2.18. The summed E-state index contributed by atoms with van der Waals surface area (Å²) in [6, 6.07) is 0. The first-order chi connectivity index (χ1) is 13.2. The molecule has 0 spiro atoms. The van der Waals surface area contributed by atoms with Gasteiger partial charge in [-0.15, -0.1) is 10.2 Å². The van der Waals surface area contributed by atoms with Crippen LogP contribution in [0, 0.1) is 11.8 Å². The van der Waals surface area contributed by atoms with Crippen LogP contribution >= 0.6 is 0 Å². The Bertz CT molecular complexity index is 600. The Morgan fingerprint density at radius 2 is 2.00 bits per heavy atom.